The molecule has 6 nitrogen and oxygen atoms in total. The topological polar surface area (TPSA) is 58.1 Å². The molecule has 2 unspecified atom stereocenters. The van der Waals surface area contributed by atoms with Crippen molar-refractivity contribution in [2.24, 2.45) is 10.9 Å². The van der Waals surface area contributed by atoms with Gasteiger partial charge in [0, 0.05) is 31.1 Å². The number of rotatable bonds is 8. The van der Waals surface area contributed by atoms with E-state index in [1.165, 1.54) is 17.7 Å². The van der Waals surface area contributed by atoms with Crippen molar-refractivity contribution >= 4 is 41.3 Å². The van der Waals surface area contributed by atoms with Crippen LogP contribution in [0.1, 0.15) is 36.2 Å². The van der Waals surface area contributed by atoms with Gasteiger partial charge in [-0.25, -0.2) is 0 Å². The average Bonchev–Trinajstić information content (AvgIpc) is 3.29. The molecule has 1 aliphatic heterocycles. The maximum atomic E-state index is 5.60. The first-order chi connectivity index (χ1) is 14.7. The molecule has 1 fully saturated rings. The van der Waals surface area contributed by atoms with Crippen molar-refractivity contribution in [2.75, 3.05) is 40.9 Å². The quantitative estimate of drug-likeness (QED) is 0.284. The van der Waals surface area contributed by atoms with Crippen LogP contribution >= 0.6 is 35.3 Å². The van der Waals surface area contributed by atoms with Gasteiger partial charge in [-0.3, -0.25) is 9.89 Å². The van der Waals surface area contributed by atoms with E-state index in [-0.39, 0.29) is 24.0 Å². The fraction of sp³-hybridized carbons (Fsp3) is 0.522. The van der Waals surface area contributed by atoms with Crippen LogP contribution in [-0.2, 0) is 6.54 Å². The molecular weight excluding hydrogens is 523 g/mol. The van der Waals surface area contributed by atoms with Crippen LogP contribution in [0.15, 0.2) is 40.7 Å². The summed E-state index contributed by atoms with van der Waals surface area (Å²) in [6.07, 6.45) is 2.47. The van der Waals surface area contributed by atoms with Crippen LogP contribution in [0.25, 0.3) is 0 Å². The lowest BCUT2D eigenvalue weighted by atomic mass is 9.88. The molecule has 0 radical (unpaired) electrons. The van der Waals surface area contributed by atoms with Crippen molar-refractivity contribution in [1.82, 2.24) is 15.5 Å². The molecule has 2 atom stereocenters. The smallest absolute Gasteiger partial charge is 0.191 e. The molecule has 0 amide bonds. The molecular formula is C23H35IN4O2S. The number of hydrogen-bond acceptors (Lipinski definition) is 5. The molecule has 1 aromatic heterocycles. The predicted molar refractivity (Wildman–Crippen MR) is 140 cm³/mol. The minimum atomic E-state index is 0. The zero-order valence-corrected chi connectivity index (χ0v) is 22.0. The number of thiophene rings is 1. The lowest BCUT2D eigenvalue weighted by Gasteiger charge is -2.39. The molecule has 2 aromatic rings. The molecule has 0 aliphatic carbocycles. The van der Waals surface area contributed by atoms with E-state index in [9.17, 15) is 0 Å². The van der Waals surface area contributed by atoms with Crippen molar-refractivity contribution < 1.29 is 9.47 Å². The average molecular weight is 559 g/mol. The summed E-state index contributed by atoms with van der Waals surface area (Å²) in [5.74, 6) is 2.91. The van der Waals surface area contributed by atoms with Crippen molar-refractivity contribution in [3.63, 3.8) is 0 Å². The number of halogens is 1. The monoisotopic (exact) mass is 558 g/mol. The first kappa shape index (κ1) is 25.7. The van der Waals surface area contributed by atoms with Gasteiger partial charge in [0.05, 0.1) is 13.7 Å². The summed E-state index contributed by atoms with van der Waals surface area (Å²) in [4.78, 5) is 8.35. The molecule has 2 N–H and O–H groups in total. The lowest BCUT2D eigenvalue weighted by molar-refractivity contribution is 0.125. The van der Waals surface area contributed by atoms with Gasteiger partial charge >= 0.3 is 0 Å². The molecule has 1 aliphatic rings. The standard InChI is InChI=1S/C23H34N4O2S.HI/c1-5-29-19-11-10-17(14-20(19)28-4)15-25-23(24-2)26-16-18-8-6-12-27(3)22(18)21-9-7-13-30-21;/h7,9-11,13-14,18,22H,5-6,8,12,15-16H2,1-4H3,(H2,24,25,26);1H. The van der Waals surface area contributed by atoms with Gasteiger partial charge < -0.3 is 20.1 Å². The summed E-state index contributed by atoms with van der Waals surface area (Å²) in [5, 5.41) is 9.14. The largest absolute Gasteiger partial charge is 0.493 e. The van der Waals surface area contributed by atoms with Gasteiger partial charge in [0.25, 0.3) is 0 Å². The second-order valence-corrected chi connectivity index (χ2v) is 8.55. The highest BCUT2D eigenvalue weighted by Gasteiger charge is 2.31. The molecule has 31 heavy (non-hydrogen) atoms. The van der Waals surface area contributed by atoms with Gasteiger partial charge in [0.1, 0.15) is 0 Å². The fourth-order valence-corrected chi connectivity index (χ4v) is 5.10. The summed E-state index contributed by atoms with van der Waals surface area (Å²) in [6, 6.07) is 10.9. The van der Waals surface area contributed by atoms with E-state index in [1.807, 2.05) is 37.4 Å². The number of piperidine rings is 1. The first-order valence-electron chi connectivity index (χ1n) is 10.6. The van der Waals surface area contributed by atoms with Gasteiger partial charge in [-0.15, -0.1) is 35.3 Å². The fourth-order valence-electron chi connectivity index (χ4n) is 4.11. The Morgan fingerprint density at radius 2 is 2.10 bits per heavy atom. The first-order valence-corrected chi connectivity index (χ1v) is 11.5. The molecule has 3 rings (SSSR count). The normalized spacial score (nSPS) is 19.4. The highest BCUT2D eigenvalue weighted by atomic mass is 127. The number of ether oxygens (including phenoxy) is 2. The molecule has 1 saturated heterocycles. The van der Waals surface area contributed by atoms with Crippen molar-refractivity contribution in [1.29, 1.82) is 0 Å². The SMILES string of the molecule is CCOc1ccc(CNC(=NC)NCC2CCCN(C)C2c2cccs2)cc1OC.I. The van der Waals surface area contributed by atoms with Crippen molar-refractivity contribution in [3.05, 3.63) is 46.2 Å². The Balaban J connectivity index is 0.00000341. The van der Waals surface area contributed by atoms with Crippen LogP contribution in [0, 0.1) is 5.92 Å². The van der Waals surface area contributed by atoms with Crippen LogP contribution in [-0.4, -0.2) is 51.8 Å². The highest BCUT2D eigenvalue weighted by Crippen LogP contribution is 2.36. The number of benzene rings is 1. The molecule has 2 heterocycles. The number of likely N-dealkylation sites (tertiary alicyclic amines) is 1. The Bertz CT molecular complexity index is 816. The van der Waals surface area contributed by atoms with Gasteiger partial charge in [-0.05, 0) is 68.4 Å². The van der Waals surface area contributed by atoms with Gasteiger partial charge in [0.15, 0.2) is 17.5 Å². The van der Waals surface area contributed by atoms with Gasteiger partial charge in [0.2, 0.25) is 0 Å². The summed E-state index contributed by atoms with van der Waals surface area (Å²) < 4.78 is 11.1. The van der Waals surface area contributed by atoms with Crippen LogP contribution in [0.3, 0.4) is 0 Å². The van der Waals surface area contributed by atoms with Crippen LogP contribution in [0.5, 0.6) is 11.5 Å². The Labute approximate surface area is 207 Å². The molecule has 172 valence electrons. The van der Waals surface area contributed by atoms with Gasteiger partial charge in [-0.2, -0.15) is 0 Å². The van der Waals surface area contributed by atoms with E-state index in [1.54, 1.807) is 7.11 Å². The number of guanidine groups is 1. The van der Waals surface area contributed by atoms with E-state index in [0.717, 1.165) is 36.1 Å². The second kappa shape index (κ2) is 13.1. The molecule has 0 spiro atoms. The Morgan fingerprint density at radius 3 is 2.77 bits per heavy atom. The van der Waals surface area contributed by atoms with Crippen molar-refractivity contribution in [2.45, 2.75) is 32.4 Å². The third-order valence-corrected chi connectivity index (χ3v) is 6.53. The van der Waals surface area contributed by atoms with E-state index in [0.29, 0.717) is 25.1 Å². The van der Waals surface area contributed by atoms with Crippen LogP contribution < -0.4 is 20.1 Å². The summed E-state index contributed by atoms with van der Waals surface area (Å²) in [5.41, 5.74) is 1.12. The lowest BCUT2D eigenvalue weighted by Crippen LogP contribution is -2.44. The minimum Gasteiger partial charge on any atom is -0.493 e. The Kier molecular flexibility index (Phi) is 10.9. The van der Waals surface area contributed by atoms with E-state index in [2.05, 4.69) is 51.2 Å². The minimum absolute atomic E-state index is 0. The number of aliphatic imine (C=N–C) groups is 1. The third kappa shape index (κ3) is 6.98. The van der Waals surface area contributed by atoms with E-state index in [4.69, 9.17) is 9.47 Å². The van der Waals surface area contributed by atoms with Crippen LogP contribution in [0.4, 0.5) is 0 Å². The molecule has 8 heteroatoms. The number of methoxy groups -OCH3 is 1. The highest BCUT2D eigenvalue weighted by molar-refractivity contribution is 14.0. The predicted octanol–water partition coefficient (Wildman–Crippen LogP) is 4.52. The third-order valence-electron chi connectivity index (χ3n) is 5.58. The zero-order valence-electron chi connectivity index (χ0n) is 18.9. The Hall–Kier alpha value is -1.52. The number of nitrogens with one attached hydrogen (secondary N) is 2. The molecule has 0 bridgehead atoms. The summed E-state index contributed by atoms with van der Waals surface area (Å²) in [7, 11) is 5.72. The summed E-state index contributed by atoms with van der Waals surface area (Å²) >= 11 is 1.86. The maximum absolute atomic E-state index is 5.60. The molecule has 1 aromatic carbocycles. The maximum Gasteiger partial charge on any atom is 0.191 e. The van der Waals surface area contributed by atoms with Crippen molar-refractivity contribution in [3.8, 4) is 11.5 Å². The number of hydrogen-bond donors (Lipinski definition) is 2. The molecule has 0 saturated carbocycles. The summed E-state index contributed by atoms with van der Waals surface area (Å²) in [6.45, 7) is 5.32. The zero-order chi connectivity index (χ0) is 21.3. The number of nitrogens with zero attached hydrogens (tertiary/aromatic N) is 2. The van der Waals surface area contributed by atoms with Crippen LogP contribution in [0.2, 0.25) is 0 Å². The second-order valence-electron chi connectivity index (χ2n) is 7.57. The van der Waals surface area contributed by atoms with E-state index >= 15 is 0 Å². The van der Waals surface area contributed by atoms with E-state index < -0.39 is 0 Å². The van der Waals surface area contributed by atoms with Gasteiger partial charge in [-0.1, -0.05) is 12.1 Å². The Morgan fingerprint density at radius 1 is 1.26 bits per heavy atom.